The van der Waals surface area contributed by atoms with Crippen molar-refractivity contribution < 1.29 is 0 Å². The van der Waals surface area contributed by atoms with Crippen molar-refractivity contribution in [1.82, 2.24) is 4.98 Å². The van der Waals surface area contributed by atoms with Gasteiger partial charge in [0.2, 0.25) is 0 Å². The number of pyridine rings is 1. The first-order chi connectivity index (χ1) is 5.75. The van der Waals surface area contributed by atoms with Gasteiger partial charge in [-0.25, -0.2) is 4.98 Å². The third kappa shape index (κ3) is 1.61. The Labute approximate surface area is 75.9 Å². The van der Waals surface area contributed by atoms with Gasteiger partial charge in [0, 0.05) is 12.1 Å². The van der Waals surface area contributed by atoms with E-state index in [1.165, 1.54) is 12.8 Å². The molecule has 0 radical (unpaired) electrons. The number of rotatable bonds is 2. The quantitative estimate of drug-likeness (QED) is 0.689. The predicted molar refractivity (Wildman–Crippen MR) is 50.3 cm³/mol. The Kier molecular flexibility index (Phi) is 1.81. The van der Waals surface area contributed by atoms with E-state index in [0.717, 1.165) is 5.69 Å². The highest BCUT2D eigenvalue weighted by Crippen LogP contribution is 2.28. The van der Waals surface area contributed by atoms with Crippen LogP contribution in [-0.2, 0) is 0 Å². The number of aromatic nitrogens is 1. The molecule has 0 bridgehead atoms. The predicted octanol–water partition coefficient (Wildman–Crippen LogP) is 1.89. The lowest BCUT2D eigenvalue weighted by molar-refractivity contribution is 1.14. The average molecular weight is 184 g/mol. The molecule has 0 saturated heterocycles. The molecule has 12 heavy (non-hydrogen) atoms. The fraction of sp³-hybridized carbons (Fsp3) is 0.375. The molecule has 3 N–H and O–H groups in total. The molecule has 0 spiro atoms. The van der Waals surface area contributed by atoms with Crippen molar-refractivity contribution in [3.8, 4) is 0 Å². The van der Waals surface area contributed by atoms with Crippen molar-refractivity contribution in [1.29, 1.82) is 0 Å². The summed E-state index contributed by atoms with van der Waals surface area (Å²) in [5.74, 6) is 0. The molecule has 3 nitrogen and oxygen atoms in total. The molecule has 0 aliphatic heterocycles. The van der Waals surface area contributed by atoms with Gasteiger partial charge in [-0.3, -0.25) is 0 Å². The third-order valence-corrected chi connectivity index (χ3v) is 2.05. The molecule has 1 fully saturated rings. The van der Waals surface area contributed by atoms with Gasteiger partial charge in [0.15, 0.2) is 0 Å². The van der Waals surface area contributed by atoms with E-state index >= 15 is 0 Å². The molecule has 1 aliphatic rings. The first-order valence-corrected chi connectivity index (χ1v) is 4.31. The van der Waals surface area contributed by atoms with Crippen LogP contribution in [-0.4, -0.2) is 11.0 Å². The van der Waals surface area contributed by atoms with Crippen molar-refractivity contribution in [2.24, 2.45) is 0 Å². The lowest BCUT2D eigenvalue weighted by atomic mass is 10.3. The first kappa shape index (κ1) is 7.68. The maximum Gasteiger partial charge on any atom is 0.131 e. The van der Waals surface area contributed by atoms with Crippen LogP contribution < -0.4 is 11.1 Å². The first-order valence-electron chi connectivity index (χ1n) is 3.93. The molecular weight excluding hydrogens is 174 g/mol. The topological polar surface area (TPSA) is 50.9 Å². The van der Waals surface area contributed by atoms with Crippen LogP contribution in [0.15, 0.2) is 12.3 Å². The average Bonchev–Trinajstić information content (AvgIpc) is 2.79. The smallest absolute Gasteiger partial charge is 0.131 e. The van der Waals surface area contributed by atoms with E-state index < -0.39 is 0 Å². The third-order valence-electron chi connectivity index (χ3n) is 1.84. The maximum absolute atomic E-state index is 5.71. The zero-order valence-corrected chi connectivity index (χ0v) is 7.30. The SMILES string of the molecule is Nc1cc(Cl)ncc1NC1CC1. The molecule has 1 aromatic rings. The molecule has 0 unspecified atom stereocenters. The van der Waals surface area contributed by atoms with Gasteiger partial charge in [0.05, 0.1) is 17.6 Å². The second-order valence-corrected chi connectivity index (χ2v) is 3.40. The summed E-state index contributed by atoms with van der Waals surface area (Å²) in [6.45, 7) is 0. The Hall–Kier alpha value is -0.960. The Morgan fingerprint density at radius 2 is 2.33 bits per heavy atom. The zero-order chi connectivity index (χ0) is 8.55. The molecule has 1 saturated carbocycles. The molecule has 4 heteroatoms. The minimum Gasteiger partial charge on any atom is -0.397 e. The minimum absolute atomic E-state index is 0.439. The van der Waals surface area contributed by atoms with Crippen LogP contribution >= 0.6 is 11.6 Å². The molecule has 0 aromatic carbocycles. The van der Waals surface area contributed by atoms with Crippen molar-refractivity contribution in [2.75, 3.05) is 11.1 Å². The molecular formula is C8H10ClN3. The Morgan fingerprint density at radius 3 is 2.92 bits per heavy atom. The summed E-state index contributed by atoms with van der Waals surface area (Å²) in [6, 6.07) is 2.25. The molecule has 1 heterocycles. The van der Waals surface area contributed by atoms with E-state index in [-0.39, 0.29) is 0 Å². The number of nitrogens with zero attached hydrogens (tertiary/aromatic N) is 1. The van der Waals surface area contributed by atoms with Crippen molar-refractivity contribution in [2.45, 2.75) is 18.9 Å². The number of nitrogen functional groups attached to an aromatic ring is 1. The molecule has 64 valence electrons. The van der Waals surface area contributed by atoms with Crippen molar-refractivity contribution in [3.05, 3.63) is 17.4 Å². The Morgan fingerprint density at radius 1 is 1.58 bits per heavy atom. The van der Waals surface area contributed by atoms with Crippen LogP contribution in [0, 0.1) is 0 Å². The fourth-order valence-corrected chi connectivity index (χ4v) is 1.18. The molecule has 2 rings (SSSR count). The van der Waals surface area contributed by atoms with Crippen LogP contribution in [0.1, 0.15) is 12.8 Å². The summed E-state index contributed by atoms with van der Waals surface area (Å²) in [5, 5.41) is 3.70. The largest absolute Gasteiger partial charge is 0.397 e. The lowest BCUT2D eigenvalue weighted by Crippen LogP contribution is -2.04. The molecule has 1 aliphatic carbocycles. The number of nitrogens with one attached hydrogen (secondary N) is 1. The summed E-state index contributed by atoms with van der Waals surface area (Å²) in [6.07, 6.45) is 4.13. The van der Waals surface area contributed by atoms with E-state index in [9.17, 15) is 0 Å². The Balaban J connectivity index is 2.18. The second kappa shape index (κ2) is 2.83. The number of halogens is 1. The van der Waals surface area contributed by atoms with E-state index in [0.29, 0.717) is 16.9 Å². The van der Waals surface area contributed by atoms with Crippen LogP contribution in [0.2, 0.25) is 5.15 Å². The van der Waals surface area contributed by atoms with Crippen LogP contribution in [0.3, 0.4) is 0 Å². The van der Waals surface area contributed by atoms with Crippen molar-refractivity contribution in [3.63, 3.8) is 0 Å². The number of hydrogen-bond donors (Lipinski definition) is 2. The fourth-order valence-electron chi connectivity index (χ4n) is 1.01. The van der Waals surface area contributed by atoms with E-state index in [1.54, 1.807) is 12.3 Å². The number of anilines is 2. The van der Waals surface area contributed by atoms with E-state index in [2.05, 4.69) is 10.3 Å². The summed E-state index contributed by atoms with van der Waals surface area (Å²) in [5.41, 5.74) is 7.27. The van der Waals surface area contributed by atoms with Gasteiger partial charge in [-0.2, -0.15) is 0 Å². The lowest BCUT2D eigenvalue weighted by Gasteiger charge is -2.06. The van der Waals surface area contributed by atoms with Gasteiger partial charge in [-0.05, 0) is 12.8 Å². The number of nitrogens with two attached hydrogens (primary N) is 1. The van der Waals surface area contributed by atoms with Gasteiger partial charge in [-0.1, -0.05) is 11.6 Å². The van der Waals surface area contributed by atoms with Gasteiger partial charge in [0.1, 0.15) is 5.15 Å². The monoisotopic (exact) mass is 183 g/mol. The van der Waals surface area contributed by atoms with Gasteiger partial charge >= 0.3 is 0 Å². The van der Waals surface area contributed by atoms with Gasteiger partial charge in [-0.15, -0.1) is 0 Å². The summed E-state index contributed by atoms with van der Waals surface area (Å²) in [4.78, 5) is 3.94. The molecule has 0 atom stereocenters. The standard InChI is InChI=1S/C8H10ClN3/c9-8-3-6(10)7(4-11-8)12-5-1-2-5/h3-5,12H,1-2H2,(H2,10,11). The van der Waals surface area contributed by atoms with Gasteiger partial charge in [0.25, 0.3) is 0 Å². The van der Waals surface area contributed by atoms with E-state index in [1.807, 2.05) is 0 Å². The maximum atomic E-state index is 5.71. The van der Waals surface area contributed by atoms with Crippen LogP contribution in [0.4, 0.5) is 11.4 Å². The molecule has 1 aromatic heterocycles. The van der Waals surface area contributed by atoms with Crippen LogP contribution in [0.5, 0.6) is 0 Å². The summed E-state index contributed by atoms with van der Waals surface area (Å²) in [7, 11) is 0. The second-order valence-electron chi connectivity index (χ2n) is 3.01. The zero-order valence-electron chi connectivity index (χ0n) is 6.55. The highest BCUT2D eigenvalue weighted by atomic mass is 35.5. The van der Waals surface area contributed by atoms with Gasteiger partial charge < -0.3 is 11.1 Å². The number of hydrogen-bond acceptors (Lipinski definition) is 3. The minimum atomic E-state index is 0.439. The van der Waals surface area contributed by atoms with Crippen molar-refractivity contribution >= 4 is 23.0 Å². The highest BCUT2D eigenvalue weighted by molar-refractivity contribution is 6.29. The van der Waals surface area contributed by atoms with Crippen LogP contribution in [0.25, 0.3) is 0 Å². The normalized spacial score (nSPS) is 16.1. The summed E-state index contributed by atoms with van der Waals surface area (Å²) >= 11 is 5.65. The van der Waals surface area contributed by atoms with E-state index in [4.69, 9.17) is 17.3 Å². The highest BCUT2D eigenvalue weighted by Gasteiger charge is 2.21. The Bertz CT molecular complexity index is 296. The summed E-state index contributed by atoms with van der Waals surface area (Å²) < 4.78 is 0. The molecule has 0 amide bonds.